The summed E-state index contributed by atoms with van der Waals surface area (Å²) in [4.78, 5) is 0. The van der Waals surface area contributed by atoms with Crippen LogP contribution >= 0.6 is 0 Å². The Labute approximate surface area is 108 Å². The maximum absolute atomic E-state index is 5.78. The molecule has 2 aromatic rings. The summed E-state index contributed by atoms with van der Waals surface area (Å²) < 4.78 is 5.78. The van der Waals surface area contributed by atoms with Gasteiger partial charge in [-0.1, -0.05) is 43.3 Å². The maximum Gasteiger partial charge on any atom is 0.119 e. The molecule has 2 rings (SSSR count). The predicted molar refractivity (Wildman–Crippen MR) is 74.5 cm³/mol. The van der Waals surface area contributed by atoms with Crippen LogP contribution in [0, 0.1) is 0 Å². The SMILES string of the molecule is CCc1ccc(OCc2ccccc2CN)cc1. The zero-order chi connectivity index (χ0) is 12.8. The lowest BCUT2D eigenvalue weighted by Crippen LogP contribution is -2.04. The summed E-state index contributed by atoms with van der Waals surface area (Å²) >= 11 is 0. The molecule has 2 N–H and O–H groups in total. The summed E-state index contributed by atoms with van der Waals surface area (Å²) in [6.45, 7) is 3.26. The highest BCUT2D eigenvalue weighted by Crippen LogP contribution is 2.16. The van der Waals surface area contributed by atoms with Gasteiger partial charge in [-0.3, -0.25) is 0 Å². The van der Waals surface area contributed by atoms with Crippen molar-refractivity contribution in [3.63, 3.8) is 0 Å². The van der Waals surface area contributed by atoms with Gasteiger partial charge in [-0.2, -0.15) is 0 Å². The number of rotatable bonds is 5. The number of ether oxygens (including phenoxy) is 1. The summed E-state index contributed by atoms with van der Waals surface area (Å²) in [5.74, 6) is 0.902. The third kappa shape index (κ3) is 3.11. The Bertz CT molecular complexity index is 491. The van der Waals surface area contributed by atoms with E-state index in [2.05, 4.69) is 25.1 Å². The molecule has 0 aromatic heterocycles. The van der Waals surface area contributed by atoms with E-state index in [9.17, 15) is 0 Å². The monoisotopic (exact) mass is 241 g/mol. The van der Waals surface area contributed by atoms with Gasteiger partial charge in [0.05, 0.1) is 0 Å². The molecule has 0 aliphatic heterocycles. The zero-order valence-electron chi connectivity index (χ0n) is 10.7. The molecule has 0 unspecified atom stereocenters. The van der Waals surface area contributed by atoms with Crippen LogP contribution < -0.4 is 10.5 Å². The minimum atomic E-state index is 0.550. The van der Waals surface area contributed by atoms with Gasteiger partial charge in [0.25, 0.3) is 0 Å². The van der Waals surface area contributed by atoms with Gasteiger partial charge >= 0.3 is 0 Å². The molecule has 2 aromatic carbocycles. The van der Waals surface area contributed by atoms with Crippen molar-refractivity contribution in [3.05, 3.63) is 65.2 Å². The first-order chi connectivity index (χ1) is 8.83. The molecule has 0 spiro atoms. The second-order valence-corrected chi connectivity index (χ2v) is 4.26. The molecule has 0 saturated heterocycles. The lowest BCUT2D eigenvalue weighted by atomic mass is 10.1. The van der Waals surface area contributed by atoms with Gasteiger partial charge in [0.2, 0.25) is 0 Å². The Morgan fingerprint density at radius 2 is 1.61 bits per heavy atom. The molecule has 2 heteroatoms. The van der Waals surface area contributed by atoms with Crippen molar-refractivity contribution in [2.45, 2.75) is 26.5 Å². The van der Waals surface area contributed by atoms with E-state index >= 15 is 0 Å². The van der Waals surface area contributed by atoms with Crippen LogP contribution in [0.4, 0.5) is 0 Å². The van der Waals surface area contributed by atoms with Gasteiger partial charge in [0.1, 0.15) is 12.4 Å². The predicted octanol–water partition coefficient (Wildman–Crippen LogP) is 3.29. The quantitative estimate of drug-likeness (QED) is 0.871. The molecule has 0 saturated carbocycles. The standard InChI is InChI=1S/C16H19NO/c1-2-13-7-9-16(10-8-13)18-12-15-6-4-3-5-14(15)11-17/h3-10H,2,11-12,17H2,1H3. The lowest BCUT2D eigenvalue weighted by molar-refractivity contribution is 0.305. The highest BCUT2D eigenvalue weighted by Gasteiger charge is 2.01. The molecule has 18 heavy (non-hydrogen) atoms. The summed E-state index contributed by atoms with van der Waals surface area (Å²) in [7, 11) is 0. The van der Waals surface area contributed by atoms with Crippen LogP contribution in [-0.4, -0.2) is 0 Å². The number of hydrogen-bond acceptors (Lipinski definition) is 2. The van der Waals surface area contributed by atoms with E-state index in [0.29, 0.717) is 13.2 Å². The topological polar surface area (TPSA) is 35.2 Å². The lowest BCUT2D eigenvalue weighted by Gasteiger charge is -2.10. The largest absolute Gasteiger partial charge is 0.489 e. The average molecular weight is 241 g/mol. The molecule has 0 aliphatic rings. The minimum absolute atomic E-state index is 0.550. The van der Waals surface area contributed by atoms with Crippen molar-refractivity contribution in [3.8, 4) is 5.75 Å². The maximum atomic E-state index is 5.78. The van der Waals surface area contributed by atoms with Crippen molar-refractivity contribution < 1.29 is 4.74 Å². The fourth-order valence-electron chi connectivity index (χ4n) is 1.88. The van der Waals surface area contributed by atoms with Crippen molar-refractivity contribution in [2.75, 3.05) is 0 Å². The fourth-order valence-corrected chi connectivity index (χ4v) is 1.88. The van der Waals surface area contributed by atoms with E-state index in [-0.39, 0.29) is 0 Å². The molecule has 0 heterocycles. The van der Waals surface area contributed by atoms with E-state index in [1.54, 1.807) is 0 Å². The van der Waals surface area contributed by atoms with Crippen LogP contribution in [0.15, 0.2) is 48.5 Å². The number of aryl methyl sites for hydroxylation is 1. The Morgan fingerprint density at radius 1 is 0.944 bits per heavy atom. The van der Waals surface area contributed by atoms with E-state index < -0.39 is 0 Å². The summed E-state index contributed by atoms with van der Waals surface area (Å²) in [5, 5.41) is 0. The van der Waals surface area contributed by atoms with Crippen molar-refractivity contribution in [1.29, 1.82) is 0 Å². The van der Waals surface area contributed by atoms with Crippen molar-refractivity contribution in [1.82, 2.24) is 0 Å². The molecule has 0 bridgehead atoms. The van der Waals surface area contributed by atoms with Crippen LogP contribution in [0.5, 0.6) is 5.75 Å². The van der Waals surface area contributed by atoms with Gasteiger partial charge in [0, 0.05) is 6.54 Å². The van der Waals surface area contributed by atoms with Gasteiger partial charge in [0.15, 0.2) is 0 Å². The molecular weight excluding hydrogens is 222 g/mol. The van der Waals surface area contributed by atoms with Crippen LogP contribution in [0.3, 0.4) is 0 Å². The molecule has 0 radical (unpaired) electrons. The number of nitrogens with two attached hydrogens (primary N) is 1. The Hall–Kier alpha value is -1.80. The second kappa shape index (κ2) is 6.22. The summed E-state index contributed by atoms with van der Waals surface area (Å²) in [6, 6.07) is 16.4. The third-order valence-corrected chi connectivity index (χ3v) is 3.06. The van der Waals surface area contributed by atoms with Gasteiger partial charge in [-0.15, -0.1) is 0 Å². The number of hydrogen-bond donors (Lipinski definition) is 1. The van der Waals surface area contributed by atoms with Crippen LogP contribution in [0.2, 0.25) is 0 Å². The molecule has 0 amide bonds. The smallest absolute Gasteiger partial charge is 0.119 e. The van der Waals surface area contributed by atoms with Crippen LogP contribution in [0.1, 0.15) is 23.6 Å². The normalized spacial score (nSPS) is 10.3. The van der Waals surface area contributed by atoms with Crippen molar-refractivity contribution in [2.24, 2.45) is 5.73 Å². The van der Waals surface area contributed by atoms with Crippen LogP contribution in [0.25, 0.3) is 0 Å². The Kier molecular flexibility index (Phi) is 4.37. The molecule has 94 valence electrons. The van der Waals surface area contributed by atoms with E-state index in [1.165, 1.54) is 5.56 Å². The molecule has 0 atom stereocenters. The van der Waals surface area contributed by atoms with Gasteiger partial charge in [-0.25, -0.2) is 0 Å². The first-order valence-electron chi connectivity index (χ1n) is 6.32. The van der Waals surface area contributed by atoms with Gasteiger partial charge < -0.3 is 10.5 Å². The fraction of sp³-hybridized carbons (Fsp3) is 0.250. The summed E-state index contributed by atoms with van der Waals surface area (Å²) in [6.07, 6.45) is 1.05. The Morgan fingerprint density at radius 3 is 2.22 bits per heavy atom. The highest BCUT2D eigenvalue weighted by molar-refractivity contribution is 5.29. The van der Waals surface area contributed by atoms with Crippen LogP contribution in [-0.2, 0) is 19.6 Å². The third-order valence-electron chi connectivity index (χ3n) is 3.06. The minimum Gasteiger partial charge on any atom is -0.489 e. The Balaban J connectivity index is 2.02. The molecule has 2 nitrogen and oxygen atoms in total. The number of benzene rings is 2. The zero-order valence-corrected chi connectivity index (χ0v) is 10.7. The first kappa shape index (κ1) is 12.7. The van der Waals surface area contributed by atoms with Gasteiger partial charge in [-0.05, 0) is 35.2 Å². The van der Waals surface area contributed by atoms with E-state index in [4.69, 9.17) is 10.5 Å². The first-order valence-corrected chi connectivity index (χ1v) is 6.32. The van der Waals surface area contributed by atoms with E-state index in [1.807, 2.05) is 30.3 Å². The van der Waals surface area contributed by atoms with Crippen molar-refractivity contribution >= 4 is 0 Å². The highest BCUT2D eigenvalue weighted by atomic mass is 16.5. The molecule has 0 aliphatic carbocycles. The summed E-state index contributed by atoms with van der Waals surface area (Å²) in [5.41, 5.74) is 9.32. The second-order valence-electron chi connectivity index (χ2n) is 4.26. The molecular formula is C16H19NO. The van der Waals surface area contributed by atoms with E-state index in [0.717, 1.165) is 23.3 Å². The average Bonchev–Trinajstić information content (AvgIpc) is 2.46. The molecule has 0 fully saturated rings.